The van der Waals surface area contributed by atoms with E-state index in [2.05, 4.69) is 150 Å². The van der Waals surface area contributed by atoms with Crippen LogP contribution in [0.1, 0.15) is 0 Å². The number of aromatic nitrogens is 1. The number of hydrogen-bond donors (Lipinski definition) is 0. The summed E-state index contributed by atoms with van der Waals surface area (Å²) in [7, 11) is 0. The zero-order chi connectivity index (χ0) is 32.1. The van der Waals surface area contributed by atoms with Crippen molar-refractivity contribution < 1.29 is 8.83 Å². The van der Waals surface area contributed by atoms with Gasteiger partial charge in [-0.1, -0.05) is 103 Å². The summed E-state index contributed by atoms with van der Waals surface area (Å²) in [5.74, 6) is 0. The Labute approximate surface area is 280 Å². The summed E-state index contributed by atoms with van der Waals surface area (Å²) in [6.07, 6.45) is 1.72. The molecule has 0 aliphatic rings. The third-order valence-corrected chi connectivity index (χ3v) is 10.3. The van der Waals surface area contributed by atoms with Crippen LogP contribution >= 0.6 is 0 Å². The Morgan fingerprint density at radius 2 is 1.06 bits per heavy atom. The monoisotopic (exact) mass is 625 g/mol. The Morgan fingerprint density at radius 3 is 1.84 bits per heavy atom. The van der Waals surface area contributed by atoms with E-state index in [0.717, 1.165) is 44.2 Å². The van der Waals surface area contributed by atoms with Gasteiger partial charge in [0.05, 0.1) is 22.7 Å². The van der Waals surface area contributed by atoms with Gasteiger partial charge in [0.1, 0.15) is 16.7 Å². The summed E-state index contributed by atoms with van der Waals surface area (Å²) in [5, 5.41) is 10.6. The number of hydrogen-bond acceptors (Lipinski definition) is 2. The van der Waals surface area contributed by atoms with Crippen LogP contribution in [0.4, 0.5) is 0 Å². The van der Waals surface area contributed by atoms with Crippen LogP contribution in [-0.2, 0) is 0 Å². The van der Waals surface area contributed by atoms with Crippen molar-refractivity contribution >= 4 is 76.3 Å². The summed E-state index contributed by atoms with van der Waals surface area (Å²) < 4.78 is 14.6. The van der Waals surface area contributed by atoms with Crippen LogP contribution in [0, 0.1) is 0 Å². The summed E-state index contributed by atoms with van der Waals surface area (Å²) in [5.41, 5.74) is 11.0. The minimum atomic E-state index is 0.835. The Balaban J connectivity index is 1.23. The smallest absolute Gasteiger partial charge is 0.146 e. The zero-order valence-corrected chi connectivity index (χ0v) is 26.4. The normalized spacial score (nSPS) is 12.1. The predicted molar refractivity (Wildman–Crippen MR) is 204 cm³/mol. The van der Waals surface area contributed by atoms with Gasteiger partial charge in [0.25, 0.3) is 0 Å². The minimum absolute atomic E-state index is 0.835. The second-order valence-electron chi connectivity index (χ2n) is 12.8. The van der Waals surface area contributed by atoms with Crippen LogP contribution in [0.5, 0.6) is 0 Å². The second kappa shape index (κ2) is 9.96. The van der Waals surface area contributed by atoms with Crippen LogP contribution in [0.15, 0.2) is 173 Å². The first kappa shape index (κ1) is 26.5. The number of benzene rings is 8. The minimum Gasteiger partial charge on any atom is -0.464 e. The summed E-state index contributed by atoms with van der Waals surface area (Å²) >= 11 is 0. The molecular weight excluding hydrogens is 599 g/mol. The molecule has 0 fully saturated rings. The van der Waals surface area contributed by atoms with Crippen LogP contribution in [0.25, 0.3) is 104 Å². The fraction of sp³-hybridized carbons (Fsp3) is 0. The largest absolute Gasteiger partial charge is 0.464 e. The van der Waals surface area contributed by atoms with Gasteiger partial charge in [-0.05, 0) is 98.4 Å². The van der Waals surface area contributed by atoms with E-state index in [1.54, 1.807) is 6.26 Å². The molecule has 0 unspecified atom stereocenters. The van der Waals surface area contributed by atoms with Crippen molar-refractivity contribution in [2.45, 2.75) is 0 Å². The van der Waals surface area contributed by atoms with E-state index < -0.39 is 0 Å². The Bertz CT molecular complexity index is 3050. The third-order valence-electron chi connectivity index (χ3n) is 10.3. The number of nitrogens with zero attached hydrogens (tertiary/aromatic N) is 1. The van der Waals surface area contributed by atoms with Gasteiger partial charge in [0.15, 0.2) is 0 Å². The zero-order valence-electron chi connectivity index (χ0n) is 26.4. The standard InChI is InChI=1S/C46H27NO2/c1-2-11-29(12-3-1)47-39-19-9-8-17-36(39)45-38(18-10-20-40(45)47)44-33-15-6-4-13-31(33)43(32-14-5-7-16-34(32)44)28-21-22-30-35-23-24-41-37(25-26-48-41)46(35)49-42(30)27-28/h1-27H. The number of furan rings is 2. The van der Waals surface area contributed by atoms with Gasteiger partial charge >= 0.3 is 0 Å². The first-order chi connectivity index (χ1) is 24.3. The third kappa shape index (κ3) is 3.67. The van der Waals surface area contributed by atoms with E-state index in [4.69, 9.17) is 8.83 Å². The number of fused-ring (bicyclic) bond motifs is 10. The summed E-state index contributed by atoms with van der Waals surface area (Å²) in [6, 6.07) is 56.7. The van der Waals surface area contributed by atoms with Gasteiger partial charge in [-0.15, -0.1) is 0 Å². The molecule has 0 radical (unpaired) electrons. The molecule has 0 aliphatic heterocycles. The van der Waals surface area contributed by atoms with Gasteiger partial charge in [0.2, 0.25) is 0 Å². The Kier molecular flexibility index (Phi) is 5.38. The maximum absolute atomic E-state index is 6.57. The highest BCUT2D eigenvalue weighted by molar-refractivity contribution is 6.27. The maximum Gasteiger partial charge on any atom is 0.146 e. The number of para-hydroxylation sites is 2. The Morgan fingerprint density at radius 1 is 0.408 bits per heavy atom. The van der Waals surface area contributed by atoms with Crippen molar-refractivity contribution in [3.63, 3.8) is 0 Å². The molecule has 0 spiro atoms. The summed E-state index contributed by atoms with van der Waals surface area (Å²) in [4.78, 5) is 0. The molecule has 3 aromatic heterocycles. The van der Waals surface area contributed by atoms with E-state index >= 15 is 0 Å². The topological polar surface area (TPSA) is 31.2 Å². The molecule has 0 amide bonds. The maximum atomic E-state index is 6.57. The molecule has 0 bridgehead atoms. The molecule has 0 saturated carbocycles. The molecule has 3 heteroatoms. The SMILES string of the molecule is c1ccc(-n2c3ccccc3c3c(-c4c5ccccc5c(-c5ccc6c(c5)oc5c7ccoc7ccc65)c5ccccc45)cccc32)cc1. The molecule has 228 valence electrons. The molecule has 0 atom stereocenters. The molecule has 0 N–H and O–H groups in total. The lowest BCUT2D eigenvalue weighted by atomic mass is 9.85. The van der Waals surface area contributed by atoms with Gasteiger partial charge in [0, 0.05) is 27.2 Å². The predicted octanol–water partition coefficient (Wildman–Crippen LogP) is 13.1. The van der Waals surface area contributed by atoms with Crippen molar-refractivity contribution in [1.82, 2.24) is 4.57 Å². The highest BCUT2D eigenvalue weighted by atomic mass is 16.3. The lowest BCUT2D eigenvalue weighted by Gasteiger charge is -2.18. The molecule has 11 rings (SSSR count). The molecule has 3 heterocycles. The van der Waals surface area contributed by atoms with Gasteiger partial charge in [-0.25, -0.2) is 0 Å². The highest BCUT2D eigenvalue weighted by Gasteiger charge is 2.22. The second-order valence-corrected chi connectivity index (χ2v) is 12.8. The van der Waals surface area contributed by atoms with Crippen molar-refractivity contribution in [3.8, 4) is 27.9 Å². The van der Waals surface area contributed by atoms with Gasteiger partial charge in [-0.2, -0.15) is 0 Å². The Hall–Kier alpha value is -6.58. The van der Waals surface area contributed by atoms with Crippen LogP contribution in [-0.4, -0.2) is 4.57 Å². The van der Waals surface area contributed by atoms with E-state index in [1.165, 1.54) is 60.0 Å². The van der Waals surface area contributed by atoms with E-state index in [9.17, 15) is 0 Å². The first-order valence-corrected chi connectivity index (χ1v) is 16.7. The van der Waals surface area contributed by atoms with Gasteiger partial charge < -0.3 is 13.4 Å². The van der Waals surface area contributed by atoms with E-state index in [0.29, 0.717) is 0 Å². The lowest BCUT2D eigenvalue weighted by molar-refractivity contribution is 0.615. The van der Waals surface area contributed by atoms with Crippen molar-refractivity contribution in [1.29, 1.82) is 0 Å². The molecule has 8 aromatic carbocycles. The fourth-order valence-corrected chi connectivity index (χ4v) is 8.25. The molecular formula is C46H27NO2. The van der Waals surface area contributed by atoms with Gasteiger partial charge in [-0.3, -0.25) is 0 Å². The van der Waals surface area contributed by atoms with E-state index in [1.807, 2.05) is 12.1 Å². The van der Waals surface area contributed by atoms with E-state index in [-0.39, 0.29) is 0 Å². The lowest BCUT2D eigenvalue weighted by Crippen LogP contribution is -1.93. The van der Waals surface area contributed by atoms with Crippen LogP contribution in [0.3, 0.4) is 0 Å². The van der Waals surface area contributed by atoms with Crippen molar-refractivity contribution in [3.05, 3.63) is 164 Å². The van der Waals surface area contributed by atoms with Crippen molar-refractivity contribution in [2.75, 3.05) is 0 Å². The quantitative estimate of drug-likeness (QED) is 0.183. The molecule has 49 heavy (non-hydrogen) atoms. The molecule has 3 nitrogen and oxygen atoms in total. The van der Waals surface area contributed by atoms with Crippen LogP contribution < -0.4 is 0 Å². The first-order valence-electron chi connectivity index (χ1n) is 16.7. The average molecular weight is 626 g/mol. The highest BCUT2D eigenvalue weighted by Crippen LogP contribution is 2.48. The van der Waals surface area contributed by atoms with Crippen LogP contribution in [0.2, 0.25) is 0 Å². The van der Waals surface area contributed by atoms with Crippen molar-refractivity contribution in [2.24, 2.45) is 0 Å². The molecule has 0 aliphatic carbocycles. The number of rotatable bonds is 3. The average Bonchev–Trinajstić information content (AvgIpc) is 3.88. The fourth-order valence-electron chi connectivity index (χ4n) is 8.25. The molecule has 11 aromatic rings. The summed E-state index contributed by atoms with van der Waals surface area (Å²) in [6.45, 7) is 0. The molecule has 0 saturated heterocycles.